The molecule has 0 aromatic heterocycles. The number of nitriles is 1. The van der Waals surface area contributed by atoms with Crippen LogP contribution in [-0.2, 0) is 4.74 Å². The fourth-order valence-electron chi connectivity index (χ4n) is 1.03. The number of methoxy groups -OCH3 is 1. The summed E-state index contributed by atoms with van der Waals surface area (Å²) >= 11 is 0. The minimum atomic E-state index is -0.652. The number of carbonyl (C=O) groups excluding carboxylic acids is 1. The van der Waals surface area contributed by atoms with Crippen LogP contribution >= 0.6 is 0 Å². The molecule has 1 aromatic carbocycles. The monoisotopic (exact) mass is 193 g/mol. The molecule has 1 aromatic rings. The Kier molecular flexibility index (Phi) is 2.82. The first kappa shape index (κ1) is 10.2. The molecule has 14 heavy (non-hydrogen) atoms. The average Bonchev–Trinajstić information content (AvgIpc) is 2.20. The summed E-state index contributed by atoms with van der Waals surface area (Å²) in [4.78, 5) is 11.0. The third kappa shape index (κ3) is 1.72. The maximum atomic E-state index is 13.2. The van der Waals surface area contributed by atoms with Crippen LogP contribution in [0.5, 0.6) is 0 Å². The Balaban J connectivity index is 3.32. The van der Waals surface area contributed by atoms with Crippen molar-refractivity contribution in [2.45, 2.75) is 6.92 Å². The lowest BCUT2D eigenvalue weighted by Gasteiger charge is -2.03. The number of benzene rings is 1. The molecule has 0 saturated heterocycles. The molecule has 0 saturated carbocycles. The Bertz CT molecular complexity index is 421. The molecular formula is C10H8FNO2. The first-order valence-electron chi connectivity index (χ1n) is 3.88. The smallest absolute Gasteiger partial charge is 0.337 e. The third-order valence-corrected chi connectivity index (χ3v) is 1.89. The van der Waals surface area contributed by atoms with Crippen molar-refractivity contribution >= 4 is 5.97 Å². The Hall–Kier alpha value is -1.89. The van der Waals surface area contributed by atoms with Gasteiger partial charge in [-0.15, -0.1) is 0 Å². The largest absolute Gasteiger partial charge is 0.465 e. The van der Waals surface area contributed by atoms with E-state index in [1.165, 1.54) is 20.1 Å². The molecule has 0 heterocycles. The van der Waals surface area contributed by atoms with Gasteiger partial charge in [-0.1, -0.05) is 0 Å². The molecule has 0 fully saturated rings. The standard InChI is InChI=1S/C10H8FNO2/c1-6-8(5-12)3-7(4-9(6)11)10(13)14-2/h3-4H,1-2H3. The molecule has 0 aliphatic heterocycles. The van der Waals surface area contributed by atoms with Gasteiger partial charge >= 0.3 is 5.97 Å². The van der Waals surface area contributed by atoms with E-state index in [9.17, 15) is 9.18 Å². The molecule has 1 rings (SSSR count). The summed E-state index contributed by atoms with van der Waals surface area (Å²) in [6, 6.07) is 4.17. The van der Waals surface area contributed by atoms with E-state index in [4.69, 9.17) is 5.26 Å². The van der Waals surface area contributed by atoms with Crippen LogP contribution in [0.25, 0.3) is 0 Å². The first-order valence-corrected chi connectivity index (χ1v) is 3.88. The summed E-state index contributed by atoms with van der Waals surface area (Å²) in [6.45, 7) is 1.48. The molecule has 0 radical (unpaired) electrons. The number of nitrogens with zero attached hydrogens (tertiary/aromatic N) is 1. The predicted octanol–water partition coefficient (Wildman–Crippen LogP) is 1.79. The van der Waals surface area contributed by atoms with Crippen molar-refractivity contribution in [3.8, 4) is 6.07 Å². The molecule has 0 aliphatic carbocycles. The lowest BCUT2D eigenvalue weighted by Crippen LogP contribution is -2.03. The van der Waals surface area contributed by atoms with E-state index in [0.29, 0.717) is 0 Å². The van der Waals surface area contributed by atoms with E-state index < -0.39 is 11.8 Å². The van der Waals surface area contributed by atoms with Crippen LogP contribution in [0.1, 0.15) is 21.5 Å². The van der Waals surface area contributed by atoms with Gasteiger partial charge in [-0.25, -0.2) is 9.18 Å². The van der Waals surface area contributed by atoms with E-state index in [-0.39, 0.29) is 16.7 Å². The van der Waals surface area contributed by atoms with Gasteiger partial charge in [-0.2, -0.15) is 5.26 Å². The lowest BCUT2D eigenvalue weighted by atomic mass is 10.1. The number of carbonyl (C=O) groups is 1. The highest BCUT2D eigenvalue weighted by Gasteiger charge is 2.12. The topological polar surface area (TPSA) is 50.1 Å². The second kappa shape index (κ2) is 3.88. The third-order valence-electron chi connectivity index (χ3n) is 1.89. The van der Waals surface area contributed by atoms with Crippen LogP contribution in [-0.4, -0.2) is 13.1 Å². The molecule has 0 unspecified atom stereocenters. The van der Waals surface area contributed by atoms with Gasteiger partial charge in [-0.3, -0.25) is 0 Å². The SMILES string of the molecule is COC(=O)c1cc(F)c(C)c(C#N)c1. The zero-order valence-corrected chi connectivity index (χ0v) is 7.80. The second-order valence-electron chi connectivity index (χ2n) is 2.73. The molecular weight excluding hydrogens is 185 g/mol. The normalized spacial score (nSPS) is 9.29. The van der Waals surface area contributed by atoms with E-state index in [2.05, 4.69) is 4.74 Å². The molecule has 0 spiro atoms. The highest BCUT2D eigenvalue weighted by atomic mass is 19.1. The lowest BCUT2D eigenvalue weighted by molar-refractivity contribution is 0.0600. The summed E-state index contributed by atoms with van der Waals surface area (Å²) in [5.74, 6) is -1.23. The fraction of sp³-hybridized carbons (Fsp3) is 0.200. The summed E-state index contributed by atoms with van der Waals surface area (Å²) in [5, 5.41) is 8.65. The summed E-state index contributed by atoms with van der Waals surface area (Å²) in [6.07, 6.45) is 0. The van der Waals surface area contributed by atoms with E-state index in [1.54, 1.807) is 0 Å². The summed E-state index contributed by atoms with van der Waals surface area (Å²) in [5.41, 5.74) is 0.428. The van der Waals surface area contributed by atoms with Crippen LogP contribution in [0.3, 0.4) is 0 Å². The number of esters is 1. The number of hydrogen-bond donors (Lipinski definition) is 0. The minimum absolute atomic E-state index is 0.0483. The molecule has 0 amide bonds. The van der Waals surface area contributed by atoms with Crippen molar-refractivity contribution < 1.29 is 13.9 Å². The van der Waals surface area contributed by atoms with E-state index >= 15 is 0 Å². The Morgan fingerprint density at radius 1 is 1.57 bits per heavy atom. The average molecular weight is 193 g/mol. The Morgan fingerprint density at radius 2 is 2.21 bits per heavy atom. The minimum Gasteiger partial charge on any atom is -0.465 e. The molecule has 3 nitrogen and oxygen atoms in total. The van der Waals surface area contributed by atoms with Gasteiger partial charge in [0.15, 0.2) is 0 Å². The second-order valence-corrected chi connectivity index (χ2v) is 2.73. The van der Waals surface area contributed by atoms with Crippen LogP contribution < -0.4 is 0 Å². The van der Waals surface area contributed by atoms with Crippen LogP contribution in [0.2, 0.25) is 0 Å². The molecule has 4 heteroatoms. The van der Waals surface area contributed by atoms with Crippen molar-refractivity contribution in [3.05, 3.63) is 34.6 Å². The van der Waals surface area contributed by atoms with Gasteiger partial charge in [0.2, 0.25) is 0 Å². The van der Waals surface area contributed by atoms with Crippen LogP contribution in [0.4, 0.5) is 4.39 Å². The number of halogens is 1. The zero-order chi connectivity index (χ0) is 10.7. The molecule has 0 atom stereocenters. The summed E-state index contributed by atoms with van der Waals surface area (Å²) < 4.78 is 17.6. The Morgan fingerprint density at radius 3 is 2.71 bits per heavy atom. The van der Waals surface area contributed by atoms with Crippen LogP contribution in [0, 0.1) is 24.1 Å². The van der Waals surface area contributed by atoms with Crippen molar-refractivity contribution in [2.75, 3.05) is 7.11 Å². The van der Waals surface area contributed by atoms with Crippen molar-refractivity contribution in [1.82, 2.24) is 0 Å². The van der Waals surface area contributed by atoms with Gasteiger partial charge < -0.3 is 4.74 Å². The highest BCUT2D eigenvalue weighted by molar-refractivity contribution is 5.89. The summed E-state index contributed by atoms with van der Waals surface area (Å²) in [7, 11) is 1.20. The van der Waals surface area contributed by atoms with Crippen molar-refractivity contribution in [1.29, 1.82) is 5.26 Å². The van der Waals surface area contributed by atoms with Gasteiger partial charge in [0.05, 0.1) is 24.3 Å². The maximum absolute atomic E-state index is 13.2. The molecule has 72 valence electrons. The molecule has 0 N–H and O–H groups in total. The zero-order valence-electron chi connectivity index (χ0n) is 7.80. The number of hydrogen-bond acceptors (Lipinski definition) is 3. The van der Waals surface area contributed by atoms with Gasteiger partial charge in [0.25, 0.3) is 0 Å². The quantitative estimate of drug-likeness (QED) is 0.639. The first-order chi connectivity index (χ1) is 6.60. The maximum Gasteiger partial charge on any atom is 0.337 e. The molecule has 0 bridgehead atoms. The van der Waals surface area contributed by atoms with Gasteiger partial charge in [0, 0.05) is 5.56 Å². The van der Waals surface area contributed by atoms with Gasteiger partial charge in [-0.05, 0) is 19.1 Å². The fourth-order valence-corrected chi connectivity index (χ4v) is 1.03. The number of ether oxygens (including phenoxy) is 1. The predicted molar refractivity (Wildman–Crippen MR) is 47.2 cm³/mol. The van der Waals surface area contributed by atoms with E-state index in [0.717, 1.165) is 6.07 Å². The Labute approximate surface area is 80.7 Å². The van der Waals surface area contributed by atoms with E-state index in [1.807, 2.05) is 6.07 Å². The highest BCUT2D eigenvalue weighted by Crippen LogP contribution is 2.15. The van der Waals surface area contributed by atoms with Crippen molar-refractivity contribution in [3.63, 3.8) is 0 Å². The molecule has 0 aliphatic rings. The van der Waals surface area contributed by atoms with Crippen LogP contribution in [0.15, 0.2) is 12.1 Å². The van der Waals surface area contributed by atoms with Crippen molar-refractivity contribution in [2.24, 2.45) is 0 Å². The van der Waals surface area contributed by atoms with Gasteiger partial charge in [0.1, 0.15) is 5.82 Å². The number of rotatable bonds is 1.